The maximum atomic E-state index is 12.8. The number of aromatic amines is 1. The molecule has 1 aromatic carbocycles. The van der Waals surface area contributed by atoms with Crippen molar-refractivity contribution in [1.82, 2.24) is 25.1 Å². The first kappa shape index (κ1) is 18.8. The predicted molar refractivity (Wildman–Crippen MR) is 113 cm³/mol. The highest BCUT2D eigenvalue weighted by atomic mass is 16.2. The molecule has 0 fully saturated rings. The summed E-state index contributed by atoms with van der Waals surface area (Å²) >= 11 is 0. The molecular formula is C23H25N5O2. The molecule has 3 aromatic rings. The van der Waals surface area contributed by atoms with Crippen LogP contribution < -0.4 is 10.9 Å². The average molecular weight is 403 g/mol. The van der Waals surface area contributed by atoms with Crippen molar-refractivity contribution in [1.29, 1.82) is 0 Å². The molecule has 0 saturated carbocycles. The van der Waals surface area contributed by atoms with E-state index in [0.29, 0.717) is 0 Å². The Morgan fingerprint density at radius 3 is 2.87 bits per heavy atom. The van der Waals surface area contributed by atoms with Crippen LogP contribution in [0.4, 0.5) is 0 Å². The van der Waals surface area contributed by atoms with Crippen molar-refractivity contribution in [3.63, 3.8) is 0 Å². The number of benzene rings is 1. The Hall–Kier alpha value is -3.22. The number of H-pyrrole nitrogens is 1. The molecule has 0 saturated heterocycles. The van der Waals surface area contributed by atoms with Gasteiger partial charge in [-0.2, -0.15) is 0 Å². The van der Waals surface area contributed by atoms with Gasteiger partial charge in [0.05, 0.1) is 0 Å². The number of pyridine rings is 1. The van der Waals surface area contributed by atoms with Crippen LogP contribution in [-0.4, -0.2) is 31.7 Å². The quantitative estimate of drug-likeness (QED) is 0.698. The summed E-state index contributed by atoms with van der Waals surface area (Å²) in [6.45, 7) is 0.760. The number of carbonyl (C=O) groups excluding carboxylic acids is 1. The second kappa shape index (κ2) is 7.89. The largest absolute Gasteiger partial charge is 0.349 e. The highest BCUT2D eigenvalue weighted by Gasteiger charge is 2.24. The van der Waals surface area contributed by atoms with Crippen molar-refractivity contribution >= 4 is 5.91 Å². The number of carbonyl (C=O) groups is 1. The third-order valence-corrected chi connectivity index (χ3v) is 6.19. The zero-order valence-corrected chi connectivity index (χ0v) is 16.9. The van der Waals surface area contributed by atoms with Gasteiger partial charge in [0.2, 0.25) is 0 Å². The number of nitrogens with zero attached hydrogens (tertiary/aromatic N) is 3. The molecule has 7 heteroatoms. The van der Waals surface area contributed by atoms with Crippen LogP contribution in [0.3, 0.4) is 0 Å². The molecule has 5 rings (SSSR count). The van der Waals surface area contributed by atoms with E-state index in [9.17, 15) is 9.59 Å². The van der Waals surface area contributed by atoms with Crippen LogP contribution in [-0.2, 0) is 32.2 Å². The smallest absolute Gasteiger partial charge is 0.261 e. The van der Waals surface area contributed by atoms with Gasteiger partial charge < -0.3 is 14.9 Å². The number of hydrogen-bond donors (Lipinski definition) is 2. The Morgan fingerprint density at radius 2 is 2.00 bits per heavy atom. The SMILES string of the molecule is O=C(NC1CCc2nnc(Cc3ccccc3)n2CC1)c1cc2c([nH]c1=O)CCC2. The van der Waals surface area contributed by atoms with Crippen LogP contribution in [0.5, 0.6) is 0 Å². The molecule has 1 aliphatic heterocycles. The fraction of sp³-hybridized carbons (Fsp3) is 0.391. The number of nitrogens with one attached hydrogen (secondary N) is 2. The lowest BCUT2D eigenvalue weighted by atomic mass is 10.1. The van der Waals surface area contributed by atoms with Gasteiger partial charge >= 0.3 is 0 Å². The lowest BCUT2D eigenvalue weighted by Gasteiger charge is -2.16. The van der Waals surface area contributed by atoms with E-state index in [1.54, 1.807) is 6.07 Å². The molecular weight excluding hydrogens is 378 g/mol. The number of aryl methyl sites for hydroxylation is 3. The van der Waals surface area contributed by atoms with Crippen molar-refractivity contribution in [2.45, 2.75) is 57.5 Å². The first-order valence-electron chi connectivity index (χ1n) is 10.7. The first-order valence-corrected chi connectivity index (χ1v) is 10.7. The maximum Gasteiger partial charge on any atom is 0.261 e. The third-order valence-electron chi connectivity index (χ3n) is 6.19. The minimum atomic E-state index is -0.288. The molecule has 2 aliphatic rings. The number of fused-ring (bicyclic) bond motifs is 2. The van der Waals surface area contributed by atoms with Crippen LogP contribution in [0.1, 0.15) is 58.1 Å². The molecule has 154 valence electrons. The Balaban J connectivity index is 1.27. The molecule has 2 N–H and O–H groups in total. The van der Waals surface area contributed by atoms with E-state index in [0.717, 1.165) is 74.4 Å². The van der Waals surface area contributed by atoms with E-state index >= 15 is 0 Å². The van der Waals surface area contributed by atoms with Crippen molar-refractivity contribution in [2.75, 3.05) is 0 Å². The van der Waals surface area contributed by atoms with Crippen molar-refractivity contribution < 1.29 is 4.79 Å². The number of amides is 1. The molecule has 0 radical (unpaired) electrons. The summed E-state index contributed by atoms with van der Waals surface area (Å²) in [7, 11) is 0. The highest BCUT2D eigenvalue weighted by molar-refractivity contribution is 5.94. The van der Waals surface area contributed by atoms with Gasteiger partial charge in [0.15, 0.2) is 0 Å². The van der Waals surface area contributed by atoms with Gasteiger partial charge in [-0.1, -0.05) is 30.3 Å². The van der Waals surface area contributed by atoms with Crippen LogP contribution in [0.15, 0.2) is 41.2 Å². The van der Waals surface area contributed by atoms with Gasteiger partial charge in [0, 0.05) is 31.1 Å². The fourth-order valence-electron chi connectivity index (χ4n) is 4.55. The Morgan fingerprint density at radius 1 is 1.13 bits per heavy atom. The van der Waals surface area contributed by atoms with E-state index in [-0.39, 0.29) is 23.1 Å². The van der Waals surface area contributed by atoms with E-state index in [1.807, 2.05) is 18.2 Å². The number of hydrogen-bond acceptors (Lipinski definition) is 4. The van der Waals surface area contributed by atoms with Gasteiger partial charge in [-0.25, -0.2) is 0 Å². The minimum absolute atomic E-state index is 0.0106. The van der Waals surface area contributed by atoms with Gasteiger partial charge in [0.1, 0.15) is 17.2 Å². The lowest BCUT2D eigenvalue weighted by Crippen LogP contribution is -2.38. The van der Waals surface area contributed by atoms with E-state index in [2.05, 4.69) is 37.2 Å². The van der Waals surface area contributed by atoms with E-state index in [1.165, 1.54) is 5.56 Å². The molecule has 1 aliphatic carbocycles. The van der Waals surface area contributed by atoms with Gasteiger partial charge in [0.25, 0.3) is 11.5 Å². The average Bonchev–Trinajstić information content (AvgIpc) is 3.30. The molecule has 7 nitrogen and oxygen atoms in total. The van der Waals surface area contributed by atoms with Crippen LogP contribution in [0, 0.1) is 0 Å². The fourth-order valence-corrected chi connectivity index (χ4v) is 4.55. The van der Waals surface area contributed by atoms with E-state index in [4.69, 9.17) is 0 Å². The molecule has 0 bridgehead atoms. The van der Waals surface area contributed by atoms with Crippen molar-refractivity contribution in [2.24, 2.45) is 0 Å². The molecule has 1 atom stereocenters. The molecule has 0 spiro atoms. The molecule has 1 amide bonds. The standard InChI is InChI=1S/C23H25N5O2/c29-22(18-14-16-7-4-8-19(16)25-23(18)30)24-17-9-10-20-26-27-21(28(20)12-11-17)13-15-5-2-1-3-6-15/h1-3,5-6,14,17H,4,7-13H2,(H,24,29)(H,25,30). The zero-order chi connectivity index (χ0) is 20.5. The van der Waals surface area contributed by atoms with Crippen molar-refractivity contribution in [3.8, 4) is 0 Å². The Kier molecular flexibility index (Phi) is 4.94. The maximum absolute atomic E-state index is 12.8. The minimum Gasteiger partial charge on any atom is -0.349 e. The number of rotatable bonds is 4. The Bertz CT molecular complexity index is 1130. The van der Waals surface area contributed by atoms with Crippen LogP contribution in [0.2, 0.25) is 0 Å². The van der Waals surface area contributed by atoms with Crippen LogP contribution in [0.25, 0.3) is 0 Å². The summed E-state index contributed by atoms with van der Waals surface area (Å²) in [6.07, 6.45) is 5.93. The topological polar surface area (TPSA) is 92.7 Å². The summed E-state index contributed by atoms with van der Waals surface area (Å²) in [5, 5.41) is 11.9. The van der Waals surface area contributed by atoms with Gasteiger partial charge in [-0.15, -0.1) is 10.2 Å². The number of aromatic nitrogens is 4. The summed E-state index contributed by atoms with van der Waals surface area (Å²) in [4.78, 5) is 28.0. The van der Waals surface area contributed by atoms with E-state index < -0.39 is 0 Å². The lowest BCUT2D eigenvalue weighted by molar-refractivity contribution is 0.0931. The summed E-state index contributed by atoms with van der Waals surface area (Å²) in [5.74, 6) is 1.64. The molecule has 2 aromatic heterocycles. The third kappa shape index (κ3) is 3.67. The zero-order valence-electron chi connectivity index (χ0n) is 16.9. The monoisotopic (exact) mass is 403 g/mol. The second-order valence-electron chi connectivity index (χ2n) is 8.21. The molecule has 3 heterocycles. The van der Waals surface area contributed by atoms with Crippen molar-refractivity contribution in [3.05, 3.63) is 80.8 Å². The summed E-state index contributed by atoms with van der Waals surface area (Å²) in [6, 6.07) is 12.0. The Labute approximate surface area is 174 Å². The molecule has 30 heavy (non-hydrogen) atoms. The highest BCUT2D eigenvalue weighted by Crippen LogP contribution is 2.20. The summed E-state index contributed by atoms with van der Waals surface area (Å²) < 4.78 is 2.18. The normalized spacial score (nSPS) is 17.8. The molecule has 1 unspecified atom stereocenters. The summed E-state index contributed by atoms with van der Waals surface area (Å²) in [5.41, 5.74) is 3.22. The van der Waals surface area contributed by atoms with Gasteiger partial charge in [-0.05, 0) is 49.3 Å². The van der Waals surface area contributed by atoms with Crippen LogP contribution >= 0.6 is 0 Å². The predicted octanol–water partition coefficient (Wildman–Crippen LogP) is 2.18. The second-order valence-corrected chi connectivity index (χ2v) is 8.21. The van der Waals surface area contributed by atoms with Gasteiger partial charge in [-0.3, -0.25) is 9.59 Å². The first-order chi connectivity index (χ1) is 14.7.